The van der Waals surface area contributed by atoms with Gasteiger partial charge < -0.3 is 10.1 Å². The van der Waals surface area contributed by atoms with Crippen LogP contribution >= 0.6 is 34.5 Å². The van der Waals surface area contributed by atoms with Gasteiger partial charge in [0.15, 0.2) is 0 Å². The van der Waals surface area contributed by atoms with E-state index in [0.29, 0.717) is 26.1 Å². The Balaban J connectivity index is 1.74. The topological polar surface area (TPSA) is 89.8 Å². The lowest BCUT2D eigenvalue weighted by molar-refractivity contribution is 0.0533. The number of esters is 1. The van der Waals surface area contributed by atoms with Crippen molar-refractivity contribution in [2.24, 2.45) is 0 Å². The minimum absolute atomic E-state index is 0.164. The Morgan fingerprint density at radius 3 is 2.75 bits per heavy atom. The summed E-state index contributed by atoms with van der Waals surface area (Å²) in [5.74, 6) is -1.30. The van der Waals surface area contributed by atoms with Crippen LogP contribution in [0.3, 0.4) is 0 Å². The highest BCUT2D eigenvalue weighted by atomic mass is 35.5. The Morgan fingerprint density at radius 2 is 2.00 bits per heavy atom. The second kappa shape index (κ2) is 9.12. The average molecular weight is 488 g/mol. The van der Waals surface area contributed by atoms with Crippen molar-refractivity contribution in [2.75, 3.05) is 11.9 Å². The second-order valence-electron chi connectivity index (χ2n) is 6.56. The molecule has 0 fully saturated rings. The van der Waals surface area contributed by atoms with Crippen molar-refractivity contribution in [1.82, 2.24) is 9.38 Å². The van der Waals surface area contributed by atoms with Crippen LogP contribution in [0.4, 0.5) is 5.69 Å². The Hall–Kier alpha value is -3.20. The van der Waals surface area contributed by atoms with Crippen LogP contribution in [0.25, 0.3) is 16.1 Å². The number of hydrogen-bond acceptors (Lipinski definition) is 6. The number of anilines is 1. The monoisotopic (exact) mass is 487 g/mol. The Kier molecular flexibility index (Phi) is 6.27. The zero-order valence-electron chi connectivity index (χ0n) is 16.6. The van der Waals surface area contributed by atoms with E-state index in [2.05, 4.69) is 10.3 Å². The molecule has 0 spiro atoms. The van der Waals surface area contributed by atoms with Gasteiger partial charge in [-0.3, -0.25) is 14.0 Å². The lowest BCUT2D eigenvalue weighted by Gasteiger charge is -2.07. The fraction of sp³-hybridized carbons (Fsp3) is 0.0909. The SMILES string of the molecule is CCOC(=O)c1sc(-c2ccc(Cl)cc2Cl)cc1NC(=O)c1cnc2ccccn2c1=O. The molecule has 4 aromatic rings. The molecule has 3 heterocycles. The van der Waals surface area contributed by atoms with Gasteiger partial charge in [-0.2, -0.15) is 0 Å². The number of benzene rings is 1. The van der Waals surface area contributed by atoms with Crippen LogP contribution < -0.4 is 10.9 Å². The van der Waals surface area contributed by atoms with Gasteiger partial charge in [-0.05, 0) is 37.3 Å². The first-order chi connectivity index (χ1) is 15.4. The zero-order valence-corrected chi connectivity index (χ0v) is 18.9. The van der Waals surface area contributed by atoms with E-state index in [9.17, 15) is 14.4 Å². The van der Waals surface area contributed by atoms with E-state index in [1.165, 1.54) is 16.8 Å². The quantitative estimate of drug-likeness (QED) is 0.392. The van der Waals surface area contributed by atoms with Gasteiger partial charge in [0.05, 0.1) is 17.3 Å². The van der Waals surface area contributed by atoms with Crippen molar-refractivity contribution in [2.45, 2.75) is 6.92 Å². The highest BCUT2D eigenvalue weighted by Gasteiger charge is 2.23. The van der Waals surface area contributed by atoms with E-state index in [1.807, 2.05) is 0 Å². The molecule has 1 amide bonds. The highest BCUT2D eigenvalue weighted by Crippen LogP contribution is 2.39. The lowest BCUT2D eigenvalue weighted by atomic mass is 10.2. The molecule has 0 unspecified atom stereocenters. The Bertz CT molecular complexity index is 1410. The number of rotatable bonds is 5. The van der Waals surface area contributed by atoms with Gasteiger partial charge >= 0.3 is 5.97 Å². The number of pyridine rings is 1. The number of nitrogens with zero attached hydrogens (tertiary/aromatic N) is 2. The van der Waals surface area contributed by atoms with Crippen molar-refractivity contribution in [3.63, 3.8) is 0 Å². The molecule has 10 heteroatoms. The number of aromatic nitrogens is 2. The molecule has 4 rings (SSSR count). The molecule has 162 valence electrons. The van der Waals surface area contributed by atoms with Gasteiger partial charge in [0.25, 0.3) is 11.5 Å². The zero-order chi connectivity index (χ0) is 22.8. The summed E-state index contributed by atoms with van der Waals surface area (Å²) in [6.07, 6.45) is 2.73. The van der Waals surface area contributed by atoms with E-state index in [-0.39, 0.29) is 22.7 Å². The summed E-state index contributed by atoms with van der Waals surface area (Å²) >= 11 is 13.4. The van der Waals surface area contributed by atoms with Crippen molar-refractivity contribution < 1.29 is 14.3 Å². The predicted octanol–water partition coefficient (Wildman–Crippen LogP) is 5.16. The number of thiophene rings is 1. The third-order valence-corrected chi connectivity index (χ3v) is 6.19. The molecule has 0 bridgehead atoms. The first kappa shape index (κ1) is 22.0. The summed E-state index contributed by atoms with van der Waals surface area (Å²) in [5.41, 5.74) is 0.566. The molecular weight excluding hydrogens is 473 g/mol. The van der Waals surface area contributed by atoms with Crippen molar-refractivity contribution in [3.05, 3.63) is 85.7 Å². The molecule has 1 N–H and O–H groups in total. The number of carbonyl (C=O) groups excluding carboxylic acids is 2. The maximum atomic E-state index is 12.9. The molecule has 1 aromatic carbocycles. The fourth-order valence-corrected chi connectivity index (χ4v) is 4.64. The van der Waals surface area contributed by atoms with E-state index in [0.717, 1.165) is 11.3 Å². The van der Waals surface area contributed by atoms with E-state index >= 15 is 0 Å². The molecule has 0 aliphatic rings. The van der Waals surface area contributed by atoms with Crippen molar-refractivity contribution >= 4 is 57.7 Å². The minimum atomic E-state index is -0.696. The van der Waals surface area contributed by atoms with Crippen LogP contribution in [0.1, 0.15) is 27.0 Å². The maximum absolute atomic E-state index is 12.9. The van der Waals surface area contributed by atoms with Gasteiger partial charge in [-0.1, -0.05) is 35.3 Å². The third-order valence-electron chi connectivity index (χ3n) is 4.50. The number of amides is 1. The number of carbonyl (C=O) groups is 2. The van der Waals surface area contributed by atoms with Crippen LogP contribution in [0.15, 0.2) is 59.7 Å². The number of halogens is 2. The van der Waals surface area contributed by atoms with Crippen LogP contribution in [-0.4, -0.2) is 27.9 Å². The first-order valence-corrected chi connectivity index (χ1v) is 11.0. The Morgan fingerprint density at radius 1 is 1.19 bits per heavy atom. The number of nitrogens with one attached hydrogen (secondary N) is 1. The van der Waals surface area contributed by atoms with Crippen molar-refractivity contribution in [3.8, 4) is 10.4 Å². The first-order valence-electron chi connectivity index (χ1n) is 9.43. The maximum Gasteiger partial charge on any atom is 0.350 e. The van der Waals surface area contributed by atoms with Crippen LogP contribution in [0.5, 0.6) is 0 Å². The van der Waals surface area contributed by atoms with Crippen LogP contribution in [-0.2, 0) is 4.74 Å². The summed E-state index contributed by atoms with van der Waals surface area (Å²) < 4.78 is 6.40. The second-order valence-corrected chi connectivity index (χ2v) is 8.45. The molecular formula is C22H15Cl2N3O4S. The smallest absolute Gasteiger partial charge is 0.350 e. The number of fused-ring (bicyclic) bond motifs is 1. The van der Waals surface area contributed by atoms with Gasteiger partial charge in [0.2, 0.25) is 0 Å². The van der Waals surface area contributed by atoms with Gasteiger partial charge in [0, 0.05) is 27.9 Å². The molecule has 0 aliphatic heterocycles. The molecule has 0 radical (unpaired) electrons. The summed E-state index contributed by atoms with van der Waals surface area (Å²) in [7, 11) is 0. The van der Waals surface area contributed by atoms with Crippen LogP contribution in [0.2, 0.25) is 10.0 Å². The van der Waals surface area contributed by atoms with E-state index in [1.54, 1.807) is 49.4 Å². The van der Waals surface area contributed by atoms with Gasteiger partial charge in [-0.15, -0.1) is 11.3 Å². The highest BCUT2D eigenvalue weighted by molar-refractivity contribution is 7.18. The van der Waals surface area contributed by atoms with Crippen LogP contribution in [0, 0.1) is 0 Å². The number of hydrogen-bond donors (Lipinski definition) is 1. The summed E-state index contributed by atoms with van der Waals surface area (Å²) in [5, 5.41) is 3.50. The number of ether oxygens (including phenoxy) is 1. The van der Waals surface area contributed by atoms with Gasteiger partial charge in [0.1, 0.15) is 16.1 Å². The predicted molar refractivity (Wildman–Crippen MR) is 125 cm³/mol. The Labute approximate surface area is 196 Å². The average Bonchev–Trinajstić information content (AvgIpc) is 3.17. The molecule has 0 saturated carbocycles. The minimum Gasteiger partial charge on any atom is -0.462 e. The molecule has 32 heavy (non-hydrogen) atoms. The summed E-state index contributed by atoms with van der Waals surface area (Å²) in [6.45, 7) is 1.85. The molecule has 3 aromatic heterocycles. The molecule has 7 nitrogen and oxygen atoms in total. The molecule has 0 saturated heterocycles. The summed E-state index contributed by atoms with van der Waals surface area (Å²) in [4.78, 5) is 43.1. The van der Waals surface area contributed by atoms with Gasteiger partial charge in [-0.25, -0.2) is 9.78 Å². The third kappa shape index (κ3) is 4.25. The lowest BCUT2D eigenvalue weighted by Crippen LogP contribution is -2.26. The standard InChI is InChI=1S/C22H15Cl2N3O4S/c1-2-31-22(30)19-16(10-17(32-19)13-7-6-12(23)9-15(13)24)26-20(28)14-11-25-18-5-3-4-8-27(18)21(14)29/h3-11H,2H2,1H3,(H,26,28). The van der Waals surface area contributed by atoms with E-state index < -0.39 is 17.4 Å². The summed E-state index contributed by atoms with van der Waals surface area (Å²) in [6, 6.07) is 11.6. The fourth-order valence-electron chi connectivity index (χ4n) is 3.03. The normalized spacial score (nSPS) is 10.8. The van der Waals surface area contributed by atoms with E-state index in [4.69, 9.17) is 27.9 Å². The van der Waals surface area contributed by atoms with Crippen molar-refractivity contribution in [1.29, 1.82) is 0 Å². The largest absolute Gasteiger partial charge is 0.462 e. The molecule has 0 aliphatic carbocycles. The molecule has 0 atom stereocenters.